The molecule has 0 aromatic heterocycles. The number of nitrogens with zero attached hydrogens (tertiary/aromatic N) is 1. The molecule has 0 bridgehead atoms. The molecule has 0 radical (unpaired) electrons. The zero-order chi connectivity index (χ0) is 13.5. The van der Waals surface area contributed by atoms with E-state index in [-0.39, 0.29) is 6.04 Å². The molecule has 0 saturated heterocycles. The Balaban J connectivity index is 2.73. The number of hydrogen-bond acceptors (Lipinski definition) is 3. The molecule has 0 aliphatic heterocycles. The van der Waals surface area contributed by atoms with E-state index in [9.17, 15) is 0 Å². The molecular formula is C15H26N2O. The average Bonchev–Trinajstić information content (AvgIpc) is 2.30. The molecule has 2 N–H and O–H groups in total. The van der Waals surface area contributed by atoms with Crippen LogP contribution < -0.4 is 10.6 Å². The van der Waals surface area contributed by atoms with Crippen LogP contribution in [0, 0.1) is 0 Å². The van der Waals surface area contributed by atoms with Crippen molar-refractivity contribution in [3.05, 3.63) is 29.8 Å². The fourth-order valence-corrected chi connectivity index (χ4v) is 2.07. The molecule has 0 amide bonds. The highest BCUT2D eigenvalue weighted by atomic mass is 16.5. The van der Waals surface area contributed by atoms with E-state index in [1.54, 1.807) is 7.11 Å². The molecule has 0 saturated carbocycles. The Hall–Kier alpha value is -1.06. The minimum atomic E-state index is 0.213. The standard InChI is InChI=1S/C15H26N2O/c1-12(2)17(9-10-18-4)15-7-5-14(6-8-15)11-13(3)16/h5-8,12-13H,9-11,16H2,1-4H3. The number of hydrogen-bond donors (Lipinski definition) is 1. The number of methoxy groups -OCH3 is 1. The van der Waals surface area contributed by atoms with Crippen LogP contribution in [0.2, 0.25) is 0 Å². The van der Waals surface area contributed by atoms with Gasteiger partial charge in [0.1, 0.15) is 0 Å². The minimum absolute atomic E-state index is 0.213. The van der Waals surface area contributed by atoms with E-state index >= 15 is 0 Å². The highest BCUT2D eigenvalue weighted by Gasteiger charge is 2.10. The van der Waals surface area contributed by atoms with Gasteiger partial charge in [-0.15, -0.1) is 0 Å². The van der Waals surface area contributed by atoms with Crippen molar-refractivity contribution >= 4 is 5.69 Å². The van der Waals surface area contributed by atoms with Gasteiger partial charge >= 0.3 is 0 Å². The van der Waals surface area contributed by atoms with Crippen molar-refractivity contribution in [2.24, 2.45) is 5.73 Å². The topological polar surface area (TPSA) is 38.5 Å². The average molecular weight is 250 g/mol. The first-order valence-electron chi connectivity index (χ1n) is 6.64. The monoisotopic (exact) mass is 250 g/mol. The summed E-state index contributed by atoms with van der Waals surface area (Å²) in [5.41, 5.74) is 8.35. The van der Waals surface area contributed by atoms with Gasteiger partial charge in [0.05, 0.1) is 6.61 Å². The third-order valence-corrected chi connectivity index (χ3v) is 2.99. The summed E-state index contributed by atoms with van der Waals surface area (Å²) in [5, 5.41) is 0. The highest BCUT2D eigenvalue weighted by Crippen LogP contribution is 2.18. The second kappa shape index (κ2) is 7.39. The second-order valence-corrected chi connectivity index (χ2v) is 5.13. The van der Waals surface area contributed by atoms with Gasteiger partial charge in [0.2, 0.25) is 0 Å². The van der Waals surface area contributed by atoms with E-state index in [4.69, 9.17) is 10.5 Å². The molecule has 3 heteroatoms. The van der Waals surface area contributed by atoms with Gasteiger partial charge in [-0.3, -0.25) is 0 Å². The molecule has 102 valence electrons. The maximum atomic E-state index is 5.81. The van der Waals surface area contributed by atoms with E-state index in [2.05, 4.69) is 43.0 Å². The molecule has 1 aromatic rings. The Labute approximate surface area is 111 Å². The molecule has 0 spiro atoms. The second-order valence-electron chi connectivity index (χ2n) is 5.13. The fraction of sp³-hybridized carbons (Fsp3) is 0.600. The van der Waals surface area contributed by atoms with Crippen LogP contribution in [0.1, 0.15) is 26.3 Å². The third kappa shape index (κ3) is 4.67. The molecule has 18 heavy (non-hydrogen) atoms. The quantitative estimate of drug-likeness (QED) is 0.808. The van der Waals surface area contributed by atoms with Crippen molar-refractivity contribution < 1.29 is 4.74 Å². The Morgan fingerprint density at radius 2 is 1.78 bits per heavy atom. The summed E-state index contributed by atoms with van der Waals surface area (Å²) in [6, 6.07) is 9.37. The molecule has 1 aromatic carbocycles. The van der Waals surface area contributed by atoms with Gasteiger partial charge in [0.15, 0.2) is 0 Å². The number of ether oxygens (including phenoxy) is 1. The van der Waals surface area contributed by atoms with Crippen molar-refractivity contribution in [2.45, 2.75) is 39.3 Å². The Bertz CT molecular complexity index is 333. The van der Waals surface area contributed by atoms with Gasteiger partial charge < -0.3 is 15.4 Å². The summed E-state index contributed by atoms with van der Waals surface area (Å²) >= 11 is 0. The Morgan fingerprint density at radius 1 is 1.17 bits per heavy atom. The van der Waals surface area contributed by atoms with E-state index < -0.39 is 0 Å². The smallest absolute Gasteiger partial charge is 0.0637 e. The van der Waals surface area contributed by atoms with Gasteiger partial charge in [-0.05, 0) is 44.9 Å². The molecule has 1 unspecified atom stereocenters. The number of anilines is 1. The first-order chi connectivity index (χ1) is 8.54. The van der Waals surface area contributed by atoms with E-state index in [0.29, 0.717) is 6.04 Å². The summed E-state index contributed by atoms with van der Waals surface area (Å²) in [4.78, 5) is 2.35. The van der Waals surface area contributed by atoms with E-state index in [1.165, 1.54) is 11.3 Å². The first kappa shape index (κ1) is 15.0. The van der Waals surface area contributed by atoms with Gasteiger partial charge in [0.25, 0.3) is 0 Å². The number of rotatable bonds is 7. The molecule has 0 fully saturated rings. The third-order valence-electron chi connectivity index (χ3n) is 2.99. The lowest BCUT2D eigenvalue weighted by Gasteiger charge is -2.29. The fourth-order valence-electron chi connectivity index (χ4n) is 2.07. The lowest BCUT2D eigenvalue weighted by Crippen LogP contribution is -2.33. The summed E-state index contributed by atoms with van der Waals surface area (Å²) < 4.78 is 5.16. The summed E-state index contributed by atoms with van der Waals surface area (Å²) in [5.74, 6) is 0. The Kier molecular flexibility index (Phi) is 6.16. The molecule has 1 atom stereocenters. The molecule has 1 rings (SSSR count). The van der Waals surface area contributed by atoms with E-state index in [0.717, 1.165) is 19.6 Å². The van der Waals surface area contributed by atoms with Crippen molar-refractivity contribution in [1.82, 2.24) is 0 Å². The maximum absolute atomic E-state index is 5.81. The zero-order valence-electron chi connectivity index (χ0n) is 12.0. The largest absolute Gasteiger partial charge is 0.383 e. The van der Waals surface area contributed by atoms with E-state index in [1.807, 2.05) is 6.92 Å². The van der Waals surface area contributed by atoms with Crippen LogP contribution in [-0.2, 0) is 11.2 Å². The van der Waals surface area contributed by atoms with Gasteiger partial charge in [-0.25, -0.2) is 0 Å². The van der Waals surface area contributed by atoms with Crippen LogP contribution in [0.5, 0.6) is 0 Å². The van der Waals surface area contributed by atoms with Crippen LogP contribution in [0.25, 0.3) is 0 Å². The predicted octanol–water partition coefficient (Wildman–Crippen LogP) is 2.44. The normalized spacial score (nSPS) is 12.8. The first-order valence-corrected chi connectivity index (χ1v) is 6.64. The summed E-state index contributed by atoms with van der Waals surface area (Å²) in [6.07, 6.45) is 0.931. The molecule has 0 aliphatic rings. The molecule has 3 nitrogen and oxygen atoms in total. The lowest BCUT2D eigenvalue weighted by molar-refractivity contribution is 0.204. The predicted molar refractivity (Wildman–Crippen MR) is 78.2 cm³/mol. The molecule has 0 aliphatic carbocycles. The number of nitrogens with two attached hydrogens (primary N) is 1. The van der Waals surface area contributed by atoms with Crippen molar-refractivity contribution in [2.75, 3.05) is 25.2 Å². The van der Waals surface area contributed by atoms with Crippen LogP contribution in [-0.4, -0.2) is 32.3 Å². The maximum Gasteiger partial charge on any atom is 0.0637 e. The summed E-state index contributed by atoms with van der Waals surface area (Å²) in [7, 11) is 1.74. The van der Waals surface area contributed by atoms with Crippen molar-refractivity contribution in [1.29, 1.82) is 0 Å². The van der Waals surface area contributed by atoms with Crippen LogP contribution >= 0.6 is 0 Å². The molecular weight excluding hydrogens is 224 g/mol. The van der Waals surface area contributed by atoms with Gasteiger partial charge in [-0.2, -0.15) is 0 Å². The van der Waals surface area contributed by atoms with Crippen LogP contribution in [0.15, 0.2) is 24.3 Å². The number of benzene rings is 1. The van der Waals surface area contributed by atoms with Crippen molar-refractivity contribution in [3.8, 4) is 0 Å². The SMILES string of the molecule is COCCN(c1ccc(CC(C)N)cc1)C(C)C. The lowest BCUT2D eigenvalue weighted by atomic mass is 10.1. The van der Waals surface area contributed by atoms with Gasteiger partial charge in [0, 0.05) is 31.4 Å². The summed E-state index contributed by atoms with van der Waals surface area (Å²) in [6.45, 7) is 8.10. The highest BCUT2D eigenvalue weighted by molar-refractivity contribution is 5.48. The van der Waals surface area contributed by atoms with Crippen molar-refractivity contribution in [3.63, 3.8) is 0 Å². The zero-order valence-corrected chi connectivity index (χ0v) is 12.0. The van der Waals surface area contributed by atoms with Crippen LogP contribution in [0.3, 0.4) is 0 Å². The minimum Gasteiger partial charge on any atom is -0.383 e. The molecule has 0 heterocycles. The van der Waals surface area contributed by atoms with Crippen LogP contribution in [0.4, 0.5) is 5.69 Å². The van der Waals surface area contributed by atoms with Gasteiger partial charge in [-0.1, -0.05) is 12.1 Å². The Morgan fingerprint density at radius 3 is 2.22 bits per heavy atom.